The molecule has 0 aromatic heterocycles. The summed E-state index contributed by atoms with van der Waals surface area (Å²) >= 11 is 0. The number of nitrogens with one attached hydrogen (secondary N) is 1. The fraction of sp³-hybridized carbons (Fsp3) is 0.417. The molecule has 1 aromatic carbocycles. The van der Waals surface area contributed by atoms with Gasteiger partial charge in [0.1, 0.15) is 0 Å². The van der Waals surface area contributed by atoms with Crippen molar-refractivity contribution in [2.24, 2.45) is 5.73 Å². The second-order valence-electron chi connectivity index (χ2n) is 4.29. The van der Waals surface area contributed by atoms with Crippen LogP contribution < -0.4 is 11.1 Å². The SMILES string of the molecule is CC(CO)(CO)NCc1ccc(C(N)=O)cc1. The standard InChI is InChI=1S/C12H18N2O3/c1-12(7-15,8-16)14-6-9-2-4-10(5-3-9)11(13)17/h2-5,14-16H,6-8H2,1H3,(H2,13,17). The molecule has 0 saturated carbocycles. The van der Waals surface area contributed by atoms with Crippen molar-refractivity contribution in [1.29, 1.82) is 0 Å². The summed E-state index contributed by atoms with van der Waals surface area (Å²) in [7, 11) is 0. The molecular formula is C12H18N2O3. The van der Waals surface area contributed by atoms with Crippen molar-refractivity contribution < 1.29 is 15.0 Å². The van der Waals surface area contributed by atoms with Crippen LogP contribution in [0.15, 0.2) is 24.3 Å². The smallest absolute Gasteiger partial charge is 0.248 e. The molecule has 0 unspecified atom stereocenters. The number of carbonyl (C=O) groups is 1. The first-order valence-electron chi connectivity index (χ1n) is 5.36. The maximum absolute atomic E-state index is 10.9. The van der Waals surface area contributed by atoms with Gasteiger partial charge in [-0.3, -0.25) is 4.79 Å². The van der Waals surface area contributed by atoms with E-state index in [-0.39, 0.29) is 13.2 Å². The molecular weight excluding hydrogens is 220 g/mol. The van der Waals surface area contributed by atoms with Gasteiger partial charge in [-0.1, -0.05) is 12.1 Å². The third kappa shape index (κ3) is 3.81. The Morgan fingerprint density at radius 2 is 1.82 bits per heavy atom. The molecule has 0 bridgehead atoms. The van der Waals surface area contributed by atoms with Gasteiger partial charge in [-0.15, -0.1) is 0 Å². The third-order valence-corrected chi connectivity index (χ3v) is 2.66. The van der Waals surface area contributed by atoms with E-state index in [1.807, 2.05) is 0 Å². The predicted molar refractivity (Wildman–Crippen MR) is 64.4 cm³/mol. The Morgan fingerprint density at radius 3 is 2.24 bits per heavy atom. The van der Waals surface area contributed by atoms with E-state index in [4.69, 9.17) is 15.9 Å². The number of hydrogen-bond donors (Lipinski definition) is 4. The molecule has 5 nitrogen and oxygen atoms in total. The number of primary amides is 1. The summed E-state index contributed by atoms with van der Waals surface area (Å²) in [5, 5.41) is 21.2. The highest BCUT2D eigenvalue weighted by molar-refractivity contribution is 5.92. The van der Waals surface area contributed by atoms with Gasteiger partial charge in [0.05, 0.1) is 18.8 Å². The largest absolute Gasteiger partial charge is 0.394 e. The molecule has 0 atom stereocenters. The van der Waals surface area contributed by atoms with Crippen LogP contribution in [-0.4, -0.2) is 34.9 Å². The van der Waals surface area contributed by atoms with E-state index in [9.17, 15) is 4.79 Å². The third-order valence-electron chi connectivity index (χ3n) is 2.66. The molecule has 0 aliphatic carbocycles. The zero-order valence-corrected chi connectivity index (χ0v) is 9.81. The van der Waals surface area contributed by atoms with E-state index in [0.717, 1.165) is 5.56 Å². The lowest BCUT2D eigenvalue weighted by Gasteiger charge is -2.26. The zero-order chi connectivity index (χ0) is 12.9. The van der Waals surface area contributed by atoms with Crippen LogP contribution in [0, 0.1) is 0 Å². The lowest BCUT2D eigenvalue weighted by molar-refractivity contribution is 0.100. The molecule has 0 aliphatic rings. The molecule has 94 valence electrons. The number of benzene rings is 1. The highest BCUT2D eigenvalue weighted by Crippen LogP contribution is 2.07. The van der Waals surface area contributed by atoms with Gasteiger partial charge < -0.3 is 21.3 Å². The first-order valence-corrected chi connectivity index (χ1v) is 5.36. The van der Waals surface area contributed by atoms with Gasteiger partial charge in [0.2, 0.25) is 5.91 Å². The lowest BCUT2D eigenvalue weighted by atomic mass is 10.0. The molecule has 0 fully saturated rings. The maximum Gasteiger partial charge on any atom is 0.248 e. The van der Waals surface area contributed by atoms with Gasteiger partial charge >= 0.3 is 0 Å². The molecule has 0 aliphatic heterocycles. The molecule has 17 heavy (non-hydrogen) atoms. The number of nitrogens with two attached hydrogens (primary N) is 1. The number of rotatable bonds is 6. The quantitative estimate of drug-likeness (QED) is 0.543. The first-order chi connectivity index (χ1) is 8.00. The minimum Gasteiger partial charge on any atom is -0.394 e. The summed E-state index contributed by atoms with van der Waals surface area (Å²) in [6.07, 6.45) is 0. The lowest BCUT2D eigenvalue weighted by Crippen LogP contribution is -2.48. The summed E-state index contributed by atoms with van der Waals surface area (Å²) < 4.78 is 0. The topological polar surface area (TPSA) is 95.6 Å². The van der Waals surface area contributed by atoms with E-state index < -0.39 is 11.4 Å². The van der Waals surface area contributed by atoms with Gasteiger partial charge in [0.25, 0.3) is 0 Å². The van der Waals surface area contributed by atoms with Gasteiger partial charge in [-0.25, -0.2) is 0 Å². The van der Waals surface area contributed by atoms with Crippen LogP contribution in [0.5, 0.6) is 0 Å². The monoisotopic (exact) mass is 238 g/mol. The van der Waals surface area contributed by atoms with Gasteiger partial charge in [0, 0.05) is 12.1 Å². The number of hydrogen-bond acceptors (Lipinski definition) is 4. The Balaban J connectivity index is 2.61. The van der Waals surface area contributed by atoms with Crippen molar-refractivity contribution in [3.63, 3.8) is 0 Å². The van der Waals surface area contributed by atoms with Crippen LogP contribution in [0.1, 0.15) is 22.8 Å². The summed E-state index contributed by atoms with van der Waals surface area (Å²) in [6, 6.07) is 6.85. The molecule has 1 amide bonds. The molecule has 0 spiro atoms. The predicted octanol–water partition coefficient (Wildman–Crippen LogP) is -0.382. The summed E-state index contributed by atoms with van der Waals surface area (Å²) in [4.78, 5) is 10.9. The molecule has 0 saturated heterocycles. The minimum absolute atomic E-state index is 0.150. The van der Waals surface area contributed by atoms with Crippen molar-refractivity contribution >= 4 is 5.91 Å². The average molecular weight is 238 g/mol. The zero-order valence-electron chi connectivity index (χ0n) is 9.81. The van der Waals surface area contributed by atoms with Crippen molar-refractivity contribution in [3.8, 4) is 0 Å². The number of carbonyl (C=O) groups excluding carboxylic acids is 1. The van der Waals surface area contributed by atoms with Gasteiger partial charge in [0.15, 0.2) is 0 Å². The van der Waals surface area contributed by atoms with Crippen molar-refractivity contribution in [3.05, 3.63) is 35.4 Å². The Labute approximate surface area is 100 Å². The Bertz CT molecular complexity index is 372. The first kappa shape index (κ1) is 13.6. The summed E-state index contributed by atoms with van der Waals surface area (Å²) in [5.41, 5.74) is 5.83. The van der Waals surface area contributed by atoms with Crippen LogP contribution in [-0.2, 0) is 6.54 Å². The fourth-order valence-corrected chi connectivity index (χ4v) is 1.26. The second kappa shape index (κ2) is 5.77. The number of aliphatic hydroxyl groups is 2. The normalized spacial score (nSPS) is 11.5. The molecule has 5 N–H and O–H groups in total. The number of aliphatic hydroxyl groups excluding tert-OH is 2. The van der Waals surface area contributed by atoms with E-state index in [1.165, 1.54) is 0 Å². The van der Waals surface area contributed by atoms with Crippen molar-refractivity contribution in [2.45, 2.75) is 19.0 Å². The summed E-state index contributed by atoms with van der Waals surface area (Å²) in [5.74, 6) is -0.458. The van der Waals surface area contributed by atoms with Crippen molar-refractivity contribution in [2.75, 3.05) is 13.2 Å². The van der Waals surface area contributed by atoms with Gasteiger partial charge in [-0.2, -0.15) is 0 Å². The highest BCUT2D eigenvalue weighted by atomic mass is 16.3. The van der Waals surface area contributed by atoms with Crippen LogP contribution >= 0.6 is 0 Å². The van der Waals surface area contributed by atoms with E-state index in [0.29, 0.717) is 12.1 Å². The van der Waals surface area contributed by atoms with E-state index in [2.05, 4.69) is 5.32 Å². The van der Waals surface area contributed by atoms with E-state index in [1.54, 1.807) is 31.2 Å². The van der Waals surface area contributed by atoms with Crippen LogP contribution in [0.25, 0.3) is 0 Å². The molecule has 0 heterocycles. The highest BCUT2D eigenvalue weighted by Gasteiger charge is 2.20. The van der Waals surface area contributed by atoms with Crippen LogP contribution in [0.3, 0.4) is 0 Å². The minimum atomic E-state index is -0.706. The van der Waals surface area contributed by atoms with Crippen molar-refractivity contribution in [1.82, 2.24) is 5.32 Å². The Morgan fingerprint density at radius 1 is 1.29 bits per heavy atom. The molecule has 0 radical (unpaired) electrons. The van der Waals surface area contributed by atoms with Crippen LogP contribution in [0.4, 0.5) is 0 Å². The molecule has 5 heteroatoms. The number of amides is 1. The van der Waals surface area contributed by atoms with E-state index >= 15 is 0 Å². The Hall–Kier alpha value is -1.43. The average Bonchev–Trinajstić information content (AvgIpc) is 2.36. The van der Waals surface area contributed by atoms with Gasteiger partial charge in [-0.05, 0) is 24.6 Å². The Kier molecular flexibility index (Phi) is 4.62. The second-order valence-corrected chi connectivity index (χ2v) is 4.29. The van der Waals surface area contributed by atoms with Crippen LogP contribution in [0.2, 0.25) is 0 Å². The summed E-state index contributed by atoms with van der Waals surface area (Å²) in [6.45, 7) is 1.92. The fourth-order valence-electron chi connectivity index (χ4n) is 1.26. The maximum atomic E-state index is 10.9. The molecule has 1 rings (SSSR count). The molecule has 1 aromatic rings.